The molecule has 1 aliphatic rings. The van der Waals surface area contributed by atoms with Crippen LogP contribution in [-0.4, -0.2) is 34.7 Å². The van der Waals surface area contributed by atoms with Crippen molar-refractivity contribution >= 4 is 5.71 Å². The zero-order valence-electron chi connectivity index (χ0n) is 12.2. The fraction of sp³-hybridized carbons (Fsp3) is 0.235. The first kappa shape index (κ1) is 14.3. The maximum Gasteiger partial charge on any atom is 0.160 e. The molecule has 0 saturated heterocycles. The maximum atomic E-state index is 9.98. The zero-order valence-corrected chi connectivity index (χ0v) is 12.2. The molecule has 0 saturated carbocycles. The number of phenolic OH excluding ortho intramolecular Hbond substituents is 3. The number of benzene rings is 2. The lowest BCUT2D eigenvalue weighted by atomic mass is 9.93. The van der Waals surface area contributed by atoms with Crippen molar-refractivity contribution in [3.05, 3.63) is 47.0 Å². The zero-order chi connectivity index (χ0) is 15.7. The Hall–Kier alpha value is -2.69. The van der Waals surface area contributed by atoms with Gasteiger partial charge in [-0.15, -0.1) is 0 Å². The minimum absolute atomic E-state index is 0.0874. The van der Waals surface area contributed by atoms with Gasteiger partial charge in [0.2, 0.25) is 0 Å². The molecule has 0 amide bonds. The molecule has 114 valence electrons. The molecule has 0 unspecified atom stereocenters. The van der Waals surface area contributed by atoms with Crippen molar-refractivity contribution in [2.45, 2.75) is 12.8 Å². The number of fused-ring (bicyclic) bond motifs is 1. The molecular weight excluding hydrogens is 282 g/mol. The van der Waals surface area contributed by atoms with E-state index in [1.54, 1.807) is 12.1 Å². The maximum absolute atomic E-state index is 9.98. The predicted molar refractivity (Wildman–Crippen MR) is 83.2 cm³/mol. The number of aliphatic imine (C=N–C) groups is 1. The number of rotatable bonds is 3. The molecular formula is C17H17NO4. The molecule has 1 aliphatic heterocycles. The van der Waals surface area contributed by atoms with Crippen LogP contribution < -0.4 is 4.74 Å². The molecule has 3 rings (SSSR count). The Morgan fingerprint density at radius 3 is 2.59 bits per heavy atom. The van der Waals surface area contributed by atoms with Gasteiger partial charge in [-0.25, -0.2) is 0 Å². The van der Waals surface area contributed by atoms with Crippen LogP contribution in [-0.2, 0) is 12.8 Å². The lowest BCUT2D eigenvalue weighted by Gasteiger charge is -2.19. The number of hydrogen-bond donors (Lipinski definition) is 3. The summed E-state index contributed by atoms with van der Waals surface area (Å²) in [7, 11) is 1.53. The van der Waals surface area contributed by atoms with Gasteiger partial charge in [0, 0.05) is 24.2 Å². The number of phenols is 3. The molecule has 5 heteroatoms. The third kappa shape index (κ3) is 2.57. The van der Waals surface area contributed by atoms with Crippen LogP contribution in [0.5, 0.6) is 23.0 Å². The molecule has 0 fully saturated rings. The molecule has 2 aromatic rings. The van der Waals surface area contributed by atoms with Crippen molar-refractivity contribution in [1.82, 2.24) is 0 Å². The standard InChI is InChI=1S/C17H17NO4/c1-22-17-8-11-4-5-18-13(12(11)9-16(17)21)6-10-2-3-14(19)15(20)7-10/h2-3,7-9,19-21H,4-6H2,1H3. The Morgan fingerprint density at radius 1 is 1.05 bits per heavy atom. The number of methoxy groups -OCH3 is 1. The highest BCUT2D eigenvalue weighted by atomic mass is 16.5. The van der Waals surface area contributed by atoms with Crippen LogP contribution in [0.4, 0.5) is 0 Å². The van der Waals surface area contributed by atoms with Gasteiger partial charge in [-0.1, -0.05) is 6.07 Å². The van der Waals surface area contributed by atoms with E-state index in [1.807, 2.05) is 6.07 Å². The molecule has 22 heavy (non-hydrogen) atoms. The van der Waals surface area contributed by atoms with E-state index < -0.39 is 0 Å². The molecule has 0 bridgehead atoms. The first-order chi connectivity index (χ1) is 10.6. The Labute approximate surface area is 128 Å². The van der Waals surface area contributed by atoms with Crippen LogP contribution in [0.1, 0.15) is 16.7 Å². The fourth-order valence-electron chi connectivity index (χ4n) is 2.67. The number of nitrogens with zero attached hydrogens (tertiary/aromatic N) is 1. The van der Waals surface area contributed by atoms with Crippen molar-refractivity contribution in [2.24, 2.45) is 4.99 Å². The van der Waals surface area contributed by atoms with E-state index in [0.29, 0.717) is 18.7 Å². The van der Waals surface area contributed by atoms with Gasteiger partial charge in [-0.3, -0.25) is 4.99 Å². The van der Waals surface area contributed by atoms with Gasteiger partial charge in [0.15, 0.2) is 23.0 Å². The highest BCUT2D eigenvalue weighted by Gasteiger charge is 2.18. The van der Waals surface area contributed by atoms with Crippen molar-refractivity contribution < 1.29 is 20.1 Å². The third-order valence-corrected chi connectivity index (χ3v) is 3.81. The Bertz CT molecular complexity index is 753. The summed E-state index contributed by atoms with van der Waals surface area (Å²) >= 11 is 0. The Morgan fingerprint density at radius 2 is 1.86 bits per heavy atom. The third-order valence-electron chi connectivity index (χ3n) is 3.81. The van der Waals surface area contributed by atoms with E-state index in [0.717, 1.165) is 28.8 Å². The fourth-order valence-corrected chi connectivity index (χ4v) is 2.67. The summed E-state index contributed by atoms with van der Waals surface area (Å²) in [5.41, 5.74) is 3.68. The van der Waals surface area contributed by atoms with Gasteiger partial charge in [-0.2, -0.15) is 0 Å². The molecule has 0 aliphatic carbocycles. The van der Waals surface area contributed by atoms with Gasteiger partial charge in [0.05, 0.1) is 7.11 Å². The van der Waals surface area contributed by atoms with Crippen LogP contribution in [0.3, 0.4) is 0 Å². The first-order valence-electron chi connectivity index (χ1n) is 7.03. The lowest BCUT2D eigenvalue weighted by molar-refractivity contribution is 0.373. The van der Waals surface area contributed by atoms with Crippen molar-refractivity contribution in [2.75, 3.05) is 13.7 Å². The number of aromatic hydroxyl groups is 3. The van der Waals surface area contributed by atoms with E-state index in [1.165, 1.54) is 19.2 Å². The van der Waals surface area contributed by atoms with Crippen LogP contribution >= 0.6 is 0 Å². The molecule has 0 spiro atoms. The van der Waals surface area contributed by atoms with Gasteiger partial charge < -0.3 is 20.1 Å². The monoisotopic (exact) mass is 299 g/mol. The highest BCUT2D eigenvalue weighted by molar-refractivity contribution is 6.04. The average Bonchev–Trinajstić information content (AvgIpc) is 2.51. The largest absolute Gasteiger partial charge is 0.504 e. The summed E-state index contributed by atoms with van der Waals surface area (Å²) in [6.45, 7) is 0.681. The SMILES string of the molecule is COc1cc2c(cc1O)C(Cc1ccc(O)c(O)c1)=NCC2. The van der Waals surface area contributed by atoms with Crippen molar-refractivity contribution in [3.63, 3.8) is 0 Å². The van der Waals surface area contributed by atoms with Gasteiger partial charge in [-0.05, 0) is 41.8 Å². The summed E-state index contributed by atoms with van der Waals surface area (Å²) in [4.78, 5) is 4.54. The molecule has 0 aromatic heterocycles. The minimum Gasteiger partial charge on any atom is -0.504 e. The van der Waals surface area contributed by atoms with Crippen LogP contribution in [0.15, 0.2) is 35.3 Å². The average molecular weight is 299 g/mol. The van der Waals surface area contributed by atoms with E-state index in [9.17, 15) is 15.3 Å². The smallest absolute Gasteiger partial charge is 0.160 e. The molecule has 0 atom stereocenters. The predicted octanol–water partition coefficient (Wildman–Crippen LogP) is 2.40. The summed E-state index contributed by atoms with van der Waals surface area (Å²) in [6, 6.07) is 8.24. The first-order valence-corrected chi connectivity index (χ1v) is 7.03. The van der Waals surface area contributed by atoms with Gasteiger partial charge >= 0.3 is 0 Å². The Balaban J connectivity index is 1.95. The lowest BCUT2D eigenvalue weighted by Crippen LogP contribution is -2.15. The summed E-state index contributed by atoms with van der Waals surface area (Å²) in [5, 5.41) is 28.9. The van der Waals surface area contributed by atoms with Gasteiger partial charge in [0.25, 0.3) is 0 Å². The van der Waals surface area contributed by atoms with Gasteiger partial charge in [0.1, 0.15) is 0 Å². The topological polar surface area (TPSA) is 82.3 Å². The number of ether oxygens (including phenoxy) is 1. The molecule has 0 radical (unpaired) electrons. The van der Waals surface area contributed by atoms with E-state index >= 15 is 0 Å². The van der Waals surface area contributed by atoms with Crippen LogP contribution in [0, 0.1) is 0 Å². The highest BCUT2D eigenvalue weighted by Crippen LogP contribution is 2.32. The van der Waals surface area contributed by atoms with Crippen LogP contribution in [0.2, 0.25) is 0 Å². The second-order valence-electron chi connectivity index (χ2n) is 5.26. The van der Waals surface area contributed by atoms with E-state index in [4.69, 9.17) is 4.74 Å². The summed E-state index contributed by atoms with van der Waals surface area (Å²) < 4.78 is 5.14. The molecule has 5 nitrogen and oxygen atoms in total. The van der Waals surface area contributed by atoms with Crippen molar-refractivity contribution in [3.8, 4) is 23.0 Å². The number of hydrogen-bond acceptors (Lipinski definition) is 5. The summed E-state index contributed by atoms with van der Waals surface area (Å²) in [5.74, 6) is 0.260. The second-order valence-corrected chi connectivity index (χ2v) is 5.26. The molecule has 3 N–H and O–H groups in total. The minimum atomic E-state index is -0.147. The molecule has 2 aromatic carbocycles. The van der Waals surface area contributed by atoms with Crippen LogP contribution in [0.25, 0.3) is 0 Å². The van der Waals surface area contributed by atoms with E-state index in [2.05, 4.69) is 4.99 Å². The normalized spacial score (nSPS) is 13.4. The second kappa shape index (κ2) is 5.60. The quantitative estimate of drug-likeness (QED) is 0.760. The van der Waals surface area contributed by atoms with E-state index in [-0.39, 0.29) is 17.2 Å². The van der Waals surface area contributed by atoms with Crippen molar-refractivity contribution in [1.29, 1.82) is 0 Å². The molecule has 1 heterocycles. The summed E-state index contributed by atoms with van der Waals surface area (Å²) in [6.07, 6.45) is 1.32. The Kier molecular flexibility index (Phi) is 3.63.